The van der Waals surface area contributed by atoms with E-state index in [0.717, 1.165) is 11.8 Å². The number of hydrogen-bond donors (Lipinski definition) is 0. The Labute approximate surface area is 187 Å². The van der Waals surface area contributed by atoms with Gasteiger partial charge in [0.15, 0.2) is 0 Å². The minimum atomic E-state index is -1.56. The molecule has 0 aromatic heterocycles. The predicted molar refractivity (Wildman–Crippen MR) is 137 cm³/mol. The van der Waals surface area contributed by atoms with Crippen LogP contribution in [0.3, 0.4) is 0 Å². The van der Waals surface area contributed by atoms with E-state index >= 15 is 0 Å². The van der Waals surface area contributed by atoms with Gasteiger partial charge in [0, 0.05) is 0 Å². The zero-order chi connectivity index (χ0) is 21.4. The van der Waals surface area contributed by atoms with E-state index < -0.39 is 16.1 Å². The van der Waals surface area contributed by atoms with E-state index in [1.165, 1.54) is 51.4 Å². The third kappa shape index (κ3) is 2.56. The number of rotatable bonds is 6. The zero-order valence-corrected chi connectivity index (χ0v) is 22.3. The van der Waals surface area contributed by atoms with Crippen LogP contribution in [0.25, 0.3) is 0 Å². The predicted octanol–water partition coefficient (Wildman–Crippen LogP) is 7.30. The number of allylic oxidation sites excluding steroid dienone is 4. The molecule has 1 aromatic rings. The lowest BCUT2D eigenvalue weighted by Crippen LogP contribution is -2.55. The van der Waals surface area contributed by atoms with Crippen LogP contribution >= 0.6 is 0 Å². The van der Waals surface area contributed by atoms with Crippen molar-refractivity contribution in [2.45, 2.75) is 101 Å². The van der Waals surface area contributed by atoms with Crippen molar-refractivity contribution in [3.63, 3.8) is 0 Å². The molecule has 4 unspecified atom stereocenters. The van der Waals surface area contributed by atoms with Crippen LogP contribution < -0.4 is 10.4 Å². The fourth-order valence-corrected chi connectivity index (χ4v) is 16.9. The highest BCUT2D eigenvalue weighted by Gasteiger charge is 2.57. The molecule has 0 aliphatic heterocycles. The van der Waals surface area contributed by atoms with E-state index in [2.05, 4.69) is 76.5 Å². The van der Waals surface area contributed by atoms with Gasteiger partial charge in [0.2, 0.25) is 0 Å². The first-order valence-electron chi connectivity index (χ1n) is 12.7. The van der Waals surface area contributed by atoms with Crippen molar-refractivity contribution in [1.82, 2.24) is 0 Å². The van der Waals surface area contributed by atoms with Gasteiger partial charge in [-0.05, 0) is 73.3 Å². The Hall–Kier alpha value is -0.866. The molecule has 2 fully saturated rings. The molecule has 4 aliphatic rings. The largest absolute Gasteiger partial charge is 0.0907 e. The molecule has 0 nitrogen and oxygen atoms in total. The fourth-order valence-electron chi connectivity index (χ4n) is 8.63. The Kier molecular flexibility index (Phi) is 4.77. The Morgan fingerprint density at radius 3 is 1.37 bits per heavy atom. The third-order valence-corrected chi connectivity index (χ3v) is 20.6. The van der Waals surface area contributed by atoms with Crippen molar-refractivity contribution in [3.05, 3.63) is 47.6 Å². The highest BCUT2D eigenvalue weighted by Crippen LogP contribution is 2.66. The maximum absolute atomic E-state index is 2.68. The minimum Gasteiger partial charge on any atom is -0.0819 e. The number of hydrogen-bond acceptors (Lipinski definition) is 0. The van der Waals surface area contributed by atoms with E-state index in [1.807, 2.05) is 11.1 Å². The number of fused-ring (bicyclic) bond motifs is 4. The second-order valence-electron chi connectivity index (χ2n) is 12.1. The monoisotopic (exact) mass is 434 g/mol. The first-order chi connectivity index (χ1) is 14.2. The van der Waals surface area contributed by atoms with Crippen LogP contribution in [0.5, 0.6) is 0 Å². The van der Waals surface area contributed by atoms with Crippen LogP contribution in [-0.4, -0.2) is 16.1 Å². The van der Waals surface area contributed by atoms with Crippen molar-refractivity contribution < 1.29 is 0 Å². The summed E-state index contributed by atoms with van der Waals surface area (Å²) in [7, 11) is -3.11. The first kappa shape index (κ1) is 21.0. The number of benzene rings is 1. The molecule has 0 radical (unpaired) electrons. The normalized spacial score (nSPS) is 35.1. The lowest BCUT2D eigenvalue weighted by Gasteiger charge is -2.46. The molecular weight excluding hydrogens is 392 g/mol. The first-order valence-corrected chi connectivity index (χ1v) is 18.7. The van der Waals surface area contributed by atoms with Crippen molar-refractivity contribution >= 4 is 26.5 Å². The van der Waals surface area contributed by atoms with Crippen LogP contribution in [0.4, 0.5) is 0 Å². The Balaban J connectivity index is 1.48. The Morgan fingerprint density at radius 1 is 0.700 bits per heavy atom. The summed E-state index contributed by atoms with van der Waals surface area (Å²) in [6, 6.07) is 10.4. The molecular formula is C28H42Si2. The molecule has 4 aliphatic carbocycles. The standard InChI is InChI=1S/C28H42Si2/c1-7-23-17-21-13-15-27(23,19-21)29(3,4)25-9-11-26(12-10-25)30(5,6)28-16-14-22(20-28)18-24(28)8-2/h9-12,17-18,21-22H,7-8,13-16,19-20H2,1-6H3. The van der Waals surface area contributed by atoms with Crippen molar-refractivity contribution in [1.29, 1.82) is 0 Å². The van der Waals surface area contributed by atoms with E-state index in [-0.39, 0.29) is 0 Å². The molecule has 0 amide bonds. The van der Waals surface area contributed by atoms with Crippen molar-refractivity contribution in [2.24, 2.45) is 11.8 Å². The van der Waals surface area contributed by atoms with Crippen LogP contribution in [-0.2, 0) is 0 Å². The molecule has 2 saturated carbocycles. The molecule has 0 saturated heterocycles. The molecule has 2 heteroatoms. The summed E-state index contributed by atoms with van der Waals surface area (Å²) in [5.74, 6) is 1.77. The maximum Gasteiger partial charge on any atom is 0.0907 e. The molecule has 162 valence electrons. The van der Waals surface area contributed by atoms with Crippen LogP contribution in [0, 0.1) is 11.8 Å². The van der Waals surface area contributed by atoms with Gasteiger partial charge in [-0.3, -0.25) is 0 Å². The van der Waals surface area contributed by atoms with E-state index in [1.54, 1.807) is 10.4 Å². The van der Waals surface area contributed by atoms with Crippen molar-refractivity contribution in [2.75, 3.05) is 0 Å². The molecule has 0 spiro atoms. The lowest BCUT2D eigenvalue weighted by atomic mass is 9.95. The summed E-state index contributed by atoms with van der Waals surface area (Å²) >= 11 is 0. The minimum absolute atomic E-state index is 0.543. The molecule has 1 aromatic carbocycles. The highest BCUT2D eigenvalue weighted by atomic mass is 28.3. The molecule has 4 bridgehead atoms. The SMILES string of the molecule is CCC1=CC2CCC1([Si](C)(C)c1ccc([Si](C)(C)C34CCC(C=C3CC)C4)cc1)C2. The van der Waals surface area contributed by atoms with Gasteiger partial charge >= 0.3 is 0 Å². The van der Waals surface area contributed by atoms with Gasteiger partial charge in [-0.1, -0.05) is 98.0 Å². The second-order valence-corrected chi connectivity index (χ2v) is 21.7. The fraction of sp³-hybridized carbons (Fsp3) is 0.643. The summed E-state index contributed by atoms with van der Waals surface area (Å²) in [6.07, 6.45) is 16.6. The summed E-state index contributed by atoms with van der Waals surface area (Å²) in [5, 5.41) is 4.50. The smallest absolute Gasteiger partial charge is 0.0819 e. The lowest BCUT2D eigenvalue weighted by molar-refractivity contribution is 0.634. The third-order valence-electron chi connectivity index (χ3n) is 10.7. The van der Waals surface area contributed by atoms with Crippen molar-refractivity contribution in [3.8, 4) is 0 Å². The van der Waals surface area contributed by atoms with Gasteiger partial charge in [-0.25, -0.2) is 0 Å². The van der Waals surface area contributed by atoms with Gasteiger partial charge < -0.3 is 0 Å². The Bertz CT molecular complexity index is 828. The highest BCUT2D eigenvalue weighted by molar-refractivity contribution is 6.94. The molecule has 30 heavy (non-hydrogen) atoms. The average Bonchev–Trinajstić information content (AvgIpc) is 3.52. The van der Waals surface area contributed by atoms with Gasteiger partial charge in [-0.2, -0.15) is 0 Å². The van der Waals surface area contributed by atoms with E-state index in [4.69, 9.17) is 0 Å². The topological polar surface area (TPSA) is 0 Å². The van der Waals surface area contributed by atoms with Crippen LogP contribution in [0.2, 0.25) is 36.3 Å². The average molecular weight is 435 g/mol. The molecule has 4 atom stereocenters. The van der Waals surface area contributed by atoms with Gasteiger partial charge in [-0.15, -0.1) is 0 Å². The van der Waals surface area contributed by atoms with Crippen LogP contribution in [0.1, 0.15) is 65.2 Å². The van der Waals surface area contributed by atoms with E-state index in [0.29, 0.717) is 10.1 Å². The molecule has 0 N–H and O–H groups in total. The summed E-state index contributed by atoms with van der Waals surface area (Å²) in [4.78, 5) is 0. The van der Waals surface area contributed by atoms with Gasteiger partial charge in [0.1, 0.15) is 0 Å². The van der Waals surface area contributed by atoms with Gasteiger partial charge in [0.05, 0.1) is 16.1 Å². The summed E-state index contributed by atoms with van der Waals surface area (Å²) in [5.41, 5.74) is 3.63. The summed E-state index contributed by atoms with van der Waals surface area (Å²) in [6.45, 7) is 15.5. The zero-order valence-electron chi connectivity index (χ0n) is 20.3. The van der Waals surface area contributed by atoms with E-state index in [9.17, 15) is 0 Å². The quantitative estimate of drug-likeness (QED) is 0.325. The second kappa shape index (κ2) is 6.81. The summed E-state index contributed by atoms with van der Waals surface area (Å²) < 4.78 is 0. The maximum atomic E-state index is 2.68. The molecule has 0 heterocycles. The molecule has 5 rings (SSSR count). The Morgan fingerprint density at radius 2 is 1.07 bits per heavy atom. The van der Waals surface area contributed by atoms with Gasteiger partial charge in [0.25, 0.3) is 0 Å². The van der Waals surface area contributed by atoms with Crippen LogP contribution in [0.15, 0.2) is 47.6 Å².